The van der Waals surface area contributed by atoms with Crippen molar-refractivity contribution >= 4 is 11.6 Å². The van der Waals surface area contributed by atoms with Gasteiger partial charge in [-0.05, 0) is 55.2 Å². The number of rotatable bonds is 2. The molecule has 1 aromatic heterocycles. The Morgan fingerprint density at radius 1 is 1.13 bits per heavy atom. The maximum atomic E-state index is 13.3. The van der Waals surface area contributed by atoms with E-state index in [1.54, 1.807) is 24.5 Å². The number of hydrogen-bond acceptors (Lipinski definition) is 4. The number of nitrogens with one attached hydrogen (secondary N) is 1. The first-order valence-corrected chi connectivity index (χ1v) is 11.5. The Morgan fingerprint density at radius 2 is 1.94 bits per heavy atom. The third kappa shape index (κ3) is 3.93. The zero-order chi connectivity index (χ0) is 21.2. The fraction of sp³-hybridized carbons (Fsp3) is 0.462. The summed E-state index contributed by atoms with van der Waals surface area (Å²) in [7, 11) is 0. The van der Waals surface area contributed by atoms with Gasteiger partial charge in [-0.3, -0.25) is 9.78 Å². The Hall–Kier alpha value is -2.84. The molecule has 1 aromatic carbocycles. The molecule has 0 spiro atoms. The SMILES string of the molecule is O=C(c1ccncc1)N1CC[C@@H]2[C@H]1c1cc(C#CC3CCCCC3)ccc1N[C@@H]2CO. The first-order valence-electron chi connectivity index (χ1n) is 11.5. The Morgan fingerprint density at radius 3 is 2.71 bits per heavy atom. The van der Waals surface area contributed by atoms with Gasteiger partial charge in [0.1, 0.15) is 0 Å². The molecule has 0 bridgehead atoms. The highest BCUT2D eigenvalue weighted by Crippen LogP contribution is 2.47. The lowest BCUT2D eigenvalue weighted by Crippen LogP contribution is -2.42. The smallest absolute Gasteiger partial charge is 0.254 e. The van der Waals surface area contributed by atoms with E-state index in [0.29, 0.717) is 18.0 Å². The first-order chi connectivity index (χ1) is 15.2. The van der Waals surface area contributed by atoms with Crippen LogP contribution < -0.4 is 5.32 Å². The number of anilines is 1. The van der Waals surface area contributed by atoms with Gasteiger partial charge < -0.3 is 15.3 Å². The molecule has 0 radical (unpaired) electrons. The van der Waals surface area contributed by atoms with Crippen LogP contribution in [0.1, 0.15) is 66.1 Å². The van der Waals surface area contributed by atoms with E-state index >= 15 is 0 Å². The largest absolute Gasteiger partial charge is 0.394 e. The summed E-state index contributed by atoms with van der Waals surface area (Å²) in [6.45, 7) is 0.743. The summed E-state index contributed by atoms with van der Waals surface area (Å²) in [6, 6.07) is 9.71. The van der Waals surface area contributed by atoms with Crippen molar-refractivity contribution in [3.8, 4) is 11.8 Å². The second-order valence-electron chi connectivity index (χ2n) is 8.97. The number of benzene rings is 1. The van der Waals surface area contributed by atoms with E-state index in [0.717, 1.165) is 23.2 Å². The van der Waals surface area contributed by atoms with Crippen molar-refractivity contribution in [1.82, 2.24) is 9.88 Å². The van der Waals surface area contributed by atoms with Gasteiger partial charge in [-0.25, -0.2) is 0 Å². The maximum Gasteiger partial charge on any atom is 0.254 e. The molecular weight excluding hydrogens is 386 g/mol. The number of aromatic nitrogens is 1. The molecule has 160 valence electrons. The molecular formula is C26H29N3O2. The molecule has 5 nitrogen and oxygen atoms in total. The van der Waals surface area contributed by atoms with Gasteiger partial charge in [0.15, 0.2) is 0 Å². The molecule has 31 heavy (non-hydrogen) atoms. The molecule has 1 amide bonds. The van der Waals surface area contributed by atoms with Crippen LogP contribution in [0.5, 0.6) is 0 Å². The van der Waals surface area contributed by atoms with Gasteiger partial charge in [-0.2, -0.15) is 0 Å². The second kappa shape index (κ2) is 8.72. The Balaban J connectivity index is 1.48. The van der Waals surface area contributed by atoms with Gasteiger partial charge in [0.25, 0.3) is 5.91 Å². The third-order valence-electron chi connectivity index (χ3n) is 7.08. The van der Waals surface area contributed by atoms with E-state index in [1.807, 2.05) is 4.90 Å². The summed E-state index contributed by atoms with van der Waals surface area (Å²) < 4.78 is 0. The topological polar surface area (TPSA) is 65.5 Å². The van der Waals surface area contributed by atoms with E-state index in [-0.39, 0.29) is 30.5 Å². The van der Waals surface area contributed by atoms with Crippen LogP contribution in [-0.2, 0) is 0 Å². The minimum Gasteiger partial charge on any atom is -0.394 e. The number of hydrogen-bond donors (Lipinski definition) is 2. The molecule has 3 aliphatic rings. The van der Waals surface area contributed by atoms with Gasteiger partial charge in [-0.15, -0.1) is 0 Å². The van der Waals surface area contributed by atoms with E-state index in [1.165, 1.54) is 32.1 Å². The quantitative estimate of drug-likeness (QED) is 0.728. The molecule has 0 unspecified atom stereocenters. The van der Waals surface area contributed by atoms with Gasteiger partial charge in [0, 0.05) is 47.6 Å². The second-order valence-corrected chi connectivity index (χ2v) is 8.97. The zero-order valence-corrected chi connectivity index (χ0v) is 17.8. The van der Waals surface area contributed by atoms with E-state index in [4.69, 9.17) is 0 Å². The molecule has 5 heteroatoms. The fourth-order valence-electron chi connectivity index (χ4n) is 5.46. The van der Waals surface area contributed by atoms with Crippen molar-refractivity contribution in [2.75, 3.05) is 18.5 Å². The highest BCUT2D eigenvalue weighted by atomic mass is 16.3. The molecule has 2 fully saturated rings. The van der Waals surface area contributed by atoms with Crippen molar-refractivity contribution in [2.45, 2.75) is 50.6 Å². The first kappa shape index (κ1) is 20.1. The number of fused-ring (bicyclic) bond motifs is 3. The highest BCUT2D eigenvalue weighted by Gasteiger charge is 2.45. The van der Waals surface area contributed by atoms with Crippen LogP contribution in [0.2, 0.25) is 0 Å². The van der Waals surface area contributed by atoms with Gasteiger partial charge in [0.05, 0.1) is 18.7 Å². The summed E-state index contributed by atoms with van der Waals surface area (Å²) >= 11 is 0. The predicted molar refractivity (Wildman–Crippen MR) is 121 cm³/mol. The van der Waals surface area contributed by atoms with Gasteiger partial charge in [-0.1, -0.05) is 31.1 Å². The van der Waals surface area contributed by atoms with Crippen molar-refractivity contribution in [3.63, 3.8) is 0 Å². The molecule has 1 saturated heterocycles. The van der Waals surface area contributed by atoms with Crippen LogP contribution in [0.3, 0.4) is 0 Å². The van der Waals surface area contributed by atoms with Crippen LogP contribution >= 0.6 is 0 Å². The number of carbonyl (C=O) groups is 1. The molecule has 2 aromatic rings. The van der Waals surface area contributed by atoms with Crippen LogP contribution in [-0.4, -0.2) is 40.1 Å². The van der Waals surface area contributed by atoms with Crippen molar-refractivity contribution in [2.24, 2.45) is 11.8 Å². The summed E-state index contributed by atoms with van der Waals surface area (Å²) in [5, 5.41) is 13.5. The van der Waals surface area contributed by atoms with Gasteiger partial charge >= 0.3 is 0 Å². The molecule has 1 aliphatic carbocycles. The minimum absolute atomic E-state index is 0.0260. The number of carbonyl (C=O) groups excluding carboxylic acids is 1. The number of amides is 1. The number of nitrogens with zero attached hydrogens (tertiary/aromatic N) is 2. The van der Waals surface area contributed by atoms with E-state index in [2.05, 4.69) is 40.3 Å². The number of pyridine rings is 1. The lowest BCUT2D eigenvalue weighted by molar-refractivity contribution is 0.0701. The maximum absolute atomic E-state index is 13.3. The summed E-state index contributed by atoms with van der Waals surface area (Å²) in [5.74, 6) is 7.61. The van der Waals surface area contributed by atoms with Crippen LogP contribution in [0, 0.1) is 23.7 Å². The Bertz CT molecular complexity index is 1000. The average molecular weight is 416 g/mol. The van der Waals surface area contributed by atoms with E-state index in [9.17, 15) is 9.90 Å². The van der Waals surface area contributed by atoms with Crippen LogP contribution in [0.4, 0.5) is 5.69 Å². The average Bonchev–Trinajstić information content (AvgIpc) is 3.28. The Labute approximate surface area is 183 Å². The monoisotopic (exact) mass is 415 g/mol. The summed E-state index contributed by atoms with van der Waals surface area (Å²) in [6.07, 6.45) is 10.5. The minimum atomic E-state index is -0.0505. The standard InChI is InChI=1S/C26H29N3O2/c30-17-24-21-12-15-29(26(31)20-10-13-27-14-11-20)25(21)22-16-19(8-9-23(22)28-24)7-6-18-4-2-1-3-5-18/h8-11,13-14,16,18,21,24-25,28,30H,1-5,12,15,17H2/t21-,24+,25-/m0/s1. The Kier molecular flexibility index (Phi) is 5.65. The molecule has 2 aliphatic heterocycles. The lowest BCUT2D eigenvalue weighted by Gasteiger charge is -2.39. The fourth-order valence-corrected chi connectivity index (χ4v) is 5.46. The van der Waals surface area contributed by atoms with Crippen molar-refractivity contribution in [3.05, 3.63) is 59.4 Å². The molecule has 3 heterocycles. The number of aliphatic hydroxyl groups excluding tert-OH is 1. The lowest BCUT2D eigenvalue weighted by atomic mass is 9.82. The summed E-state index contributed by atoms with van der Waals surface area (Å²) in [4.78, 5) is 19.3. The van der Waals surface area contributed by atoms with Crippen molar-refractivity contribution < 1.29 is 9.90 Å². The molecule has 2 N–H and O–H groups in total. The third-order valence-corrected chi connectivity index (χ3v) is 7.08. The normalized spacial score (nSPS) is 25.1. The molecule has 3 atom stereocenters. The highest BCUT2D eigenvalue weighted by molar-refractivity contribution is 5.94. The van der Waals surface area contributed by atoms with Gasteiger partial charge in [0.2, 0.25) is 0 Å². The zero-order valence-electron chi connectivity index (χ0n) is 17.8. The van der Waals surface area contributed by atoms with Crippen molar-refractivity contribution in [1.29, 1.82) is 0 Å². The number of aliphatic hydroxyl groups is 1. The summed E-state index contributed by atoms with van der Waals surface area (Å²) in [5.41, 5.74) is 3.78. The predicted octanol–water partition coefficient (Wildman–Crippen LogP) is 4.00. The van der Waals surface area contributed by atoms with E-state index < -0.39 is 0 Å². The molecule has 5 rings (SSSR count). The van der Waals surface area contributed by atoms with Crippen LogP contribution in [0.25, 0.3) is 0 Å². The number of likely N-dealkylation sites (tertiary alicyclic amines) is 1. The van der Waals surface area contributed by atoms with Crippen LogP contribution in [0.15, 0.2) is 42.7 Å². The molecule has 1 saturated carbocycles.